The summed E-state index contributed by atoms with van der Waals surface area (Å²) < 4.78 is 25.5. The van der Waals surface area contributed by atoms with Crippen LogP contribution in [0.3, 0.4) is 0 Å². The van der Waals surface area contributed by atoms with E-state index in [2.05, 4.69) is 4.90 Å². The fourth-order valence-corrected chi connectivity index (χ4v) is 8.10. The summed E-state index contributed by atoms with van der Waals surface area (Å²) in [6.45, 7) is 14.6. The van der Waals surface area contributed by atoms with Gasteiger partial charge in [-0.25, -0.2) is 0 Å². The standard InChI is InChI=1S/C35H54ClNO9/c1-10-26(38)35(8,42)31-22(6)29-18(2)16-34(7,46-29)30(20(4)27(39)21(5)32(41)44-31)45-33-28(40)25(15-19(3)43-33)37(9)17-23-11-13-24(36)14-12-23/h11-14,18-22,25-26,28-31,33,38,40,42H,10,15-17H2,1-9H3/t18?,19-,20+,21-,22+,25+,26-,28-,29?,30-,31-,33+,34-,35-/m1/s1. The molecule has 2 bridgehead atoms. The summed E-state index contributed by atoms with van der Waals surface area (Å²) in [7, 11) is 1.94. The highest BCUT2D eigenvalue weighted by molar-refractivity contribution is 6.30. The van der Waals surface area contributed by atoms with Gasteiger partial charge in [0.05, 0.1) is 30.0 Å². The van der Waals surface area contributed by atoms with Gasteiger partial charge in [0.15, 0.2) is 12.1 Å². The molecule has 46 heavy (non-hydrogen) atoms. The first-order valence-corrected chi connectivity index (χ1v) is 17.0. The van der Waals surface area contributed by atoms with Gasteiger partial charge in [0.25, 0.3) is 0 Å². The minimum absolute atomic E-state index is 0.0737. The van der Waals surface area contributed by atoms with E-state index in [-0.39, 0.29) is 24.5 Å². The highest BCUT2D eigenvalue weighted by atomic mass is 35.5. The lowest BCUT2D eigenvalue weighted by molar-refractivity contribution is -0.296. The number of esters is 1. The van der Waals surface area contributed by atoms with E-state index in [9.17, 15) is 24.9 Å². The van der Waals surface area contributed by atoms with Gasteiger partial charge in [0.2, 0.25) is 0 Å². The number of aliphatic hydroxyl groups is 3. The molecule has 14 atom stereocenters. The Morgan fingerprint density at radius 3 is 2.39 bits per heavy atom. The van der Waals surface area contributed by atoms with Gasteiger partial charge in [-0.1, -0.05) is 51.4 Å². The molecule has 0 saturated carbocycles. The quantitative estimate of drug-likeness (QED) is 0.274. The maximum absolute atomic E-state index is 13.9. The summed E-state index contributed by atoms with van der Waals surface area (Å²) in [5.74, 6) is -3.79. The third kappa shape index (κ3) is 7.49. The SMILES string of the molecule is CC[C@@H](O)[C@@](C)(O)[C@@H]1OC(=O)[C@H](C)C(=O)[C@H](C)[C@@H](O[C@@H]2O[C@H](C)C[C@H](N(C)Cc3ccc(Cl)cc3)[C@H]2O)[C@@]2(C)CC(C)C(O2)[C@@H]1C. The second kappa shape index (κ2) is 14.5. The normalized spacial score (nSPS) is 41.0. The third-order valence-electron chi connectivity index (χ3n) is 10.7. The van der Waals surface area contributed by atoms with Crippen LogP contribution in [0.15, 0.2) is 24.3 Å². The van der Waals surface area contributed by atoms with Crippen molar-refractivity contribution in [2.45, 2.75) is 141 Å². The van der Waals surface area contributed by atoms with Crippen LogP contribution in [-0.4, -0.2) is 99.2 Å². The highest BCUT2D eigenvalue weighted by Crippen LogP contribution is 2.47. The molecule has 3 fully saturated rings. The number of fused-ring (bicyclic) bond motifs is 2. The number of halogens is 1. The summed E-state index contributed by atoms with van der Waals surface area (Å²) in [6, 6.07) is 7.28. The minimum atomic E-state index is -1.78. The van der Waals surface area contributed by atoms with Gasteiger partial charge in [-0.3, -0.25) is 14.5 Å². The summed E-state index contributed by atoms with van der Waals surface area (Å²) in [4.78, 5) is 29.5. The van der Waals surface area contributed by atoms with E-state index in [0.717, 1.165) is 5.56 Å². The van der Waals surface area contributed by atoms with Crippen molar-refractivity contribution in [2.75, 3.05) is 7.05 Å². The zero-order valence-corrected chi connectivity index (χ0v) is 29.4. The van der Waals surface area contributed by atoms with E-state index in [1.807, 2.05) is 59.0 Å². The molecule has 1 aromatic rings. The van der Waals surface area contributed by atoms with E-state index >= 15 is 0 Å². The number of aliphatic hydroxyl groups excluding tert-OH is 2. The van der Waals surface area contributed by atoms with Gasteiger partial charge in [0.1, 0.15) is 23.7 Å². The van der Waals surface area contributed by atoms with Crippen LogP contribution in [0, 0.1) is 23.7 Å². The molecule has 4 rings (SSSR count). The molecule has 10 nitrogen and oxygen atoms in total. The topological polar surface area (TPSA) is 135 Å². The van der Waals surface area contributed by atoms with Crippen LogP contribution in [-0.2, 0) is 35.1 Å². The lowest BCUT2D eigenvalue weighted by atomic mass is 9.76. The number of carbonyl (C=O) groups excluding carboxylic acids is 2. The molecule has 2 unspecified atom stereocenters. The summed E-state index contributed by atoms with van der Waals surface area (Å²) in [6.07, 6.45) is -4.68. The molecule has 0 amide bonds. The molecule has 3 aliphatic rings. The fourth-order valence-electron chi connectivity index (χ4n) is 7.97. The Labute approximate surface area is 278 Å². The molecular weight excluding hydrogens is 614 g/mol. The number of hydrogen-bond acceptors (Lipinski definition) is 10. The van der Waals surface area contributed by atoms with Crippen molar-refractivity contribution < 1.29 is 43.9 Å². The van der Waals surface area contributed by atoms with Crippen molar-refractivity contribution in [3.05, 3.63) is 34.9 Å². The van der Waals surface area contributed by atoms with Crippen LogP contribution < -0.4 is 0 Å². The van der Waals surface area contributed by atoms with Gasteiger partial charge >= 0.3 is 5.97 Å². The number of benzene rings is 1. The molecule has 0 aromatic heterocycles. The molecule has 11 heteroatoms. The summed E-state index contributed by atoms with van der Waals surface area (Å²) >= 11 is 6.07. The average molecular weight is 668 g/mol. The first-order chi connectivity index (χ1) is 21.4. The van der Waals surface area contributed by atoms with Crippen molar-refractivity contribution in [3.8, 4) is 0 Å². The maximum Gasteiger partial charge on any atom is 0.316 e. The summed E-state index contributed by atoms with van der Waals surface area (Å²) in [5, 5.41) is 34.5. The molecule has 1 aromatic carbocycles. The maximum atomic E-state index is 13.9. The second-order valence-electron chi connectivity index (χ2n) is 14.6. The van der Waals surface area contributed by atoms with Crippen LogP contribution in [0.2, 0.25) is 5.02 Å². The molecule has 3 N–H and O–H groups in total. The molecule has 3 saturated heterocycles. The van der Waals surface area contributed by atoms with Crippen molar-refractivity contribution in [2.24, 2.45) is 23.7 Å². The molecule has 3 aliphatic heterocycles. The predicted octanol–water partition coefficient (Wildman–Crippen LogP) is 4.13. The number of ether oxygens (including phenoxy) is 4. The molecule has 0 aliphatic carbocycles. The molecule has 260 valence electrons. The van der Waals surface area contributed by atoms with Gasteiger partial charge in [-0.15, -0.1) is 0 Å². The van der Waals surface area contributed by atoms with Crippen molar-refractivity contribution in [3.63, 3.8) is 0 Å². The molecule has 3 heterocycles. The van der Waals surface area contributed by atoms with E-state index < -0.39 is 77.5 Å². The lowest BCUT2D eigenvalue weighted by Gasteiger charge is -2.46. The van der Waals surface area contributed by atoms with E-state index in [4.69, 9.17) is 30.5 Å². The second-order valence-corrected chi connectivity index (χ2v) is 15.0. The Bertz CT molecular complexity index is 1210. The van der Waals surface area contributed by atoms with Crippen molar-refractivity contribution in [1.82, 2.24) is 4.90 Å². The van der Waals surface area contributed by atoms with E-state index in [1.165, 1.54) is 13.8 Å². The van der Waals surface area contributed by atoms with Crippen LogP contribution in [0.4, 0.5) is 0 Å². The minimum Gasteiger partial charge on any atom is -0.458 e. The van der Waals surface area contributed by atoms with Crippen molar-refractivity contribution >= 4 is 23.4 Å². The number of cyclic esters (lactones) is 1. The van der Waals surface area contributed by atoms with E-state index in [1.54, 1.807) is 13.8 Å². The monoisotopic (exact) mass is 667 g/mol. The Kier molecular flexibility index (Phi) is 11.7. The zero-order chi connectivity index (χ0) is 34.3. The van der Waals surface area contributed by atoms with Gasteiger partial charge < -0.3 is 34.3 Å². The number of Topliss-reactive ketones (excluding diaryl/α,β-unsaturated/α-hetero) is 1. The number of ketones is 1. The Balaban J connectivity index is 1.65. The molecule has 0 radical (unpaired) electrons. The van der Waals surface area contributed by atoms with Gasteiger partial charge in [-0.05, 0) is 77.6 Å². The fraction of sp³-hybridized carbons (Fsp3) is 0.771. The number of hydrogen-bond donors (Lipinski definition) is 3. The van der Waals surface area contributed by atoms with Crippen LogP contribution >= 0.6 is 11.6 Å². The zero-order valence-electron chi connectivity index (χ0n) is 28.7. The summed E-state index contributed by atoms with van der Waals surface area (Å²) in [5.41, 5.74) is -1.74. The average Bonchev–Trinajstić information content (AvgIpc) is 3.32. The lowest BCUT2D eigenvalue weighted by Crippen LogP contribution is -2.58. The van der Waals surface area contributed by atoms with Crippen LogP contribution in [0.5, 0.6) is 0 Å². The molecule has 0 spiro atoms. The number of likely N-dealkylation sites (N-methyl/N-ethyl adjacent to an activating group) is 1. The smallest absolute Gasteiger partial charge is 0.316 e. The Morgan fingerprint density at radius 2 is 1.78 bits per heavy atom. The largest absolute Gasteiger partial charge is 0.458 e. The number of carbonyl (C=O) groups is 2. The van der Waals surface area contributed by atoms with Gasteiger partial charge in [-0.2, -0.15) is 0 Å². The molecular formula is C35H54ClNO9. The number of rotatable bonds is 8. The van der Waals surface area contributed by atoms with Crippen LogP contribution in [0.1, 0.15) is 80.2 Å². The van der Waals surface area contributed by atoms with Gasteiger partial charge in [0, 0.05) is 29.4 Å². The highest BCUT2D eigenvalue weighted by Gasteiger charge is 2.57. The first-order valence-electron chi connectivity index (χ1n) is 16.7. The van der Waals surface area contributed by atoms with Crippen molar-refractivity contribution in [1.29, 1.82) is 0 Å². The van der Waals surface area contributed by atoms with Crippen LogP contribution in [0.25, 0.3) is 0 Å². The number of nitrogens with zero attached hydrogens (tertiary/aromatic N) is 1. The Hall–Kier alpha value is -1.63. The third-order valence-corrected chi connectivity index (χ3v) is 10.9. The first kappa shape index (κ1) is 37.2. The Morgan fingerprint density at radius 1 is 1.15 bits per heavy atom. The predicted molar refractivity (Wildman–Crippen MR) is 173 cm³/mol. The van der Waals surface area contributed by atoms with E-state index in [0.29, 0.717) is 24.4 Å².